The van der Waals surface area contributed by atoms with E-state index in [0.29, 0.717) is 11.3 Å². The van der Waals surface area contributed by atoms with Crippen molar-refractivity contribution in [3.05, 3.63) is 35.9 Å². The molecule has 0 aromatic heterocycles. The highest BCUT2D eigenvalue weighted by Gasteiger charge is 2.12. The Bertz CT molecular complexity index is 626. The van der Waals surface area contributed by atoms with Gasteiger partial charge in [-0.2, -0.15) is 0 Å². The molecule has 5 heteroatoms. The molecule has 106 valence electrons. The Hall–Kier alpha value is -2.27. The van der Waals surface area contributed by atoms with Gasteiger partial charge in [0.05, 0.1) is 12.7 Å². The third-order valence-electron chi connectivity index (χ3n) is 3.11. The number of hydrazine groups is 1. The number of anilines is 1. The molecule has 2 aromatic rings. The van der Waals surface area contributed by atoms with E-state index < -0.39 is 0 Å². The fourth-order valence-electron chi connectivity index (χ4n) is 2.08. The van der Waals surface area contributed by atoms with Gasteiger partial charge in [-0.15, -0.1) is 0 Å². The fourth-order valence-corrected chi connectivity index (χ4v) is 2.08. The molecule has 0 radical (unpaired) electrons. The highest BCUT2D eigenvalue weighted by molar-refractivity contribution is 6.01. The number of rotatable bonds is 5. The summed E-state index contributed by atoms with van der Waals surface area (Å²) in [5.74, 6) is 5.34. The molecule has 1 amide bonds. The lowest BCUT2D eigenvalue weighted by molar-refractivity contribution is 0.0951. The molecule has 4 N–H and O–H groups in total. The van der Waals surface area contributed by atoms with Gasteiger partial charge in [-0.1, -0.05) is 13.0 Å². The number of carbonyl (C=O) groups excluding carboxylic acids is 1. The zero-order valence-corrected chi connectivity index (χ0v) is 11.7. The lowest BCUT2D eigenvalue weighted by Crippen LogP contribution is -2.30. The van der Waals surface area contributed by atoms with Crippen molar-refractivity contribution < 1.29 is 9.53 Å². The molecular weight excluding hydrogens is 254 g/mol. The molecule has 20 heavy (non-hydrogen) atoms. The van der Waals surface area contributed by atoms with Crippen LogP contribution in [0.5, 0.6) is 5.75 Å². The highest BCUT2D eigenvalue weighted by Crippen LogP contribution is 2.28. The van der Waals surface area contributed by atoms with Crippen LogP contribution in [0.3, 0.4) is 0 Å². The minimum absolute atomic E-state index is 0.365. The minimum atomic E-state index is -0.365. The SMILES string of the molecule is CCCNc1ccc2cc(OC)c(C(=O)NN)cc2c1. The molecule has 0 aliphatic carbocycles. The first kappa shape index (κ1) is 14.1. The van der Waals surface area contributed by atoms with Gasteiger partial charge in [0.25, 0.3) is 5.91 Å². The van der Waals surface area contributed by atoms with Gasteiger partial charge in [0.2, 0.25) is 0 Å². The van der Waals surface area contributed by atoms with Crippen molar-refractivity contribution >= 4 is 22.4 Å². The van der Waals surface area contributed by atoms with Crippen LogP contribution in [0.25, 0.3) is 10.8 Å². The Kier molecular flexibility index (Phi) is 4.42. The summed E-state index contributed by atoms with van der Waals surface area (Å²) >= 11 is 0. The third kappa shape index (κ3) is 2.83. The van der Waals surface area contributed by atoms with E-state index in [4.69, 9.17) is 10.6 Å². The van der Waals surface area contributed by atoms with Crippen LogP contribution in [-0.4, -0.2) is 19.6 Å². The van der Waals surface area contributed by atoms with Crippen molar-refractivity contribution in [2.75, 3.05) is 19.0 Å². The van der Waals surface area contributed by atoms with Crippen LogP contribution >= 0.6 is 0 Å². The zero-order valence-electron chi connectivity index (χ0n) is 11.7. The Morgan fingerprint density at radius 2 is 2.05 bits per heavy atom. The Morgan fingerprint density at radius 3 is 2.70 bits per heavy atom. The number of nitrogen functional groups attached to an aromatic ring is 1. The first-order chi connectivity index (χ1) is 9.69. The normalized spacial score (nSPS) is 10.3. The summed E-state index contributed by atoms with van der Waals surface area (Å²) < 4.78 is 5.24. The summed E-state index contributed by atoms with van der Waals surface area (Å²) in [4.78, 5) is 11.8. The monoisotopic (exact) mass is 273 g/mol. The van der Waals surface area contributed by atoms with E-state index in [1.54, 1.807) is 6.07 Å². The lowest BCUT2D eigenvalue weighted by Gasteiger charge is -2.11. The number of nitrogens with two attached hydrogens (primary N) is 1. The number of hydrogen-bond donors (Lipinski definition) is 3. The van der Waals surface area contributed by atoms with Crippen LogP contribution in [0.2, 0.25) is 0 Å². The van der Waals surface area contributed by atoms with Crippen molar-refractivity contribution in [3.8, 4) is 5.75 Å². The number of ether oxygens (including phenoxy) is 1. The van der Waals surface area contributed by atoms with Gasteiger partial charge in [0.1, 0.15) is 5.75 Å². The molecular formula is C15H19N3O2. The van der Waals surface area contributed by atoms with Gasteiger partial charge in [-0.3, -0.25) is 10.2 Å². The van der Waals surface area contributed by atoms with Crippen molar-refractivity contribution in [1.82, 2.24) is 5.43 Å². The molecule has 0 spiro atoms. The summed E-state index contributed by atoms with van der Waals surface area (Å²) in [5, 5.41) is 5.30. The van der Waals surface area contributed by atoms with Crippen LogP contribution in [0, 0.1) is 0 Å². The number of nitrogens with one attached hydrogen (secondary N) is 2. The predicted molar refractivity (Wildman–Crippen MR) is 80.9 cm³/mol. The maximum atomic E-state index is 11.8. The van der Waals surface area contributed by atoms with E-state index in [9.17, 15) is 4.79 Å². The molecule has 2 aromatic carbocycles. The van der Waals surface area contributed by atoms with E-state index in [1.807, 2.05) is 24.3 Å². The number of methoxy groups -OCH3 is 1. The van der Waals surface area contributed by atoms with Crippen molar-refractivity contribution in [2.45, 2.75) is 13.3 Å². The van der Waals surface area contributed by atoms with Gasteiger partial charge in [0, 0.05) is 12.2 Å². The fraction of sp³-hybridized carbons (Fsp3) is 0.267. The largest absolute Gasteiger partial charge is 0.496 e. The molecule has 0 saturated heterocycles. The summed E-state index contributed by atoms with van der Waals surface area (Å²) in [6, 6.07) is 9.65. The summed E-state index contributed by atoms with van der Waals surface area (Å²) in [7, 11) is 1.53. The molecule has 5 nitrogen and oxygen atoms in total. The summed E-state index contributed by atoms with van der Waals surface area (Å²) in [6.45, 7) is 3.03. The second-order valence-corrected chi connectivity index (χ2v) is 4.51. The standard InChI is InChI=1S/C15H19N3O2/c1-3-6-17-12-5-4-10-9-14(20-2)13(15(19)18-16)8-11(10)7-12/h4-5,7-9,17H,3,6,16H2,1-2H3,(H,18,19). The van der Waals surface area contributed by atoms with Crippen LogP contribution in [0.15, 0.2) is 30.3 Å². The first-order valence-corrected chi connectivity index (χ1v) is 6.56. The summed E-state index contributed by atoms with van der Waals surface area (Å²) in [6.07, 6.45) is 1.06. The van der Waals surface area contributed by atoms with E-state index in [2.05, 4.69) is 17.7 Å². The Morgan fingerprint density at radius 1 is 1.25 bits per heavy atom. The molecule has 0 saturated carbocycles. The molecule has 0 fully saturated rings. The van der Waals surface area contributed by atoms with Crippen molar-refractivity contribution in [3.63, 3.8) is 0 Å². The molecule has 2 rings (SSSR count). The molecule has 0 unspecified atom stereocenters. The quantitative estimate of drug-likeness (QED) is 0.444. The van der Waals surface area contributed by atoms with Crippen molar-refractivity contribution in [2.24, 2.45) is 5.84 Å². The second-order valence-electron chi connectivity index (χ2n) is 4.51. The Labute approximate surface area is 118 Å². The maximum absolute atomic E-state index is 11.8. The first-order valence-electron chi connectivity index (χ1n) is 6.56. The number of amides is 1. The molecule has 0 bridgehead atoms. The average Bonchev–Trinajstić information content (AvgIpc) is 2.50. The highest BCUT2D eigenvalue weighted by atomic mass is 16.5. The third-order valence-corrected chi connectivity index (χ3v) is 3.11. The van der Waals surface area contributed by atoms with Gasteiger partial charge in [-0.05, 0) is 41.5 Å². The van der Waals surface area contributed by atoms with Gasteiger partial charge < -0.3 is 10.1 Å². The molecule has 0 aliphatic heterocycles. The molecule has 0 aliphatic rings. The van der Waals surface area contributed by atoms with E-state index in [0.717, 1.165) is 29.4 Å². The molecule has 0 atom stereocenters. The smallest absolute Gasteiger partial charge is 0.268 e. The van der Waals surface area contributed by atoms with E-state index in [1.165, 1.54) is 7.11 Å². The zero-order chi connectivity index (χ0) is 14.5. The maximum Gasteiger partial charge on any atom is 0.268 e. The van der Waals surface area contributed by atoms with Gasteiger partial charge in [0.15, 0.2) is 0 Å². The minimum Gasteiger partial charge on any atom is -0.496 e. The summed E-state index contributed by atoms with van der Waals surface area (Å²) in [5.41, 5.74) is 3.59. The number of carbonyl (C=O) groups is 1. The van der Waals surface area contributed by atoms with Crippen LogP contribution < -0.4 is 21.3 Å². The van der Waals surface area contributed by atoms with Gasteiger partial charge in [-0.25, -0.2) is 5.84 Å². The van der Waals surface area contributed by atoms with Crippen molar-refractivity contribution in [1.29, 1.82) is 0 Å². The van der Waals surface area contributed by atoms with Crippen LogP contribution in [-0.2, 0) is 0 Å². The van der Waals surface area contributed by atoms with E-state index >= 15 is 0 Å². The number of hydrogen-bond acceptors (Lipinski definition) is 4. The van der Waals surface area contributed by atoms with Crippen LogP contribution in [0.4, 0.5) is 5.69 Å². The lowest BCUT2D eigenvalue weighted by atomic mass is 10.0. The number of benzene rings is 2. The second kappa shape index (κ2) is 6.25. The van der Waals surface area contributed by atoms with E-state index in [-0.39, 0.29) is 5.91 Å². The van der Waals surface area contributed by atoms with Gasteiger partial charge >= 0.3 is 0 Å². The number of fused-ring (bicyclic) bond motifs is 1. The topological polar surface area (TPSA) is 76.4 Å². The molecule has 0 heterocycles. The van der Waals surface area contributed by atoms with Crippen LogP contribution in [0.1, 0.15) is 23.7 Å². The predicted octanol–water partition coefficient (Wildman–Crippen LogP) is 2.27. The Balaban J connectivity index is 2.49. The average molecular weight is 273 g/mol.